The fourth-order valence-corrected chi connectivity index (χ4v) is 2.28. The van der Waals surface area contributed by atoms with E-state index in [9.17, 15) is 21.6 Å². The van der Waals surface area contributed by atoms with Gasteiger partial charge in [-0.3, -0.25) is 9.56 Å². The Hall–Kier alpha value is -2.74. The molecule has 164 valence electrons. The molecule has 0 amide bonds. The van der Waals surface area contributed by atoms with E-state index < -0.39 is 15.5 Å². The van der Waals surface area contributed by atoms with E-state index in [0.29, 0.717) is 12.2 Å². The van der Waals surface area contributed by atoms with Crippen molar-refractivity contribution in [3.63, 3.8) is 0 Å². The summed E-state index contributed by atoms with van der Waals surface area (Å²) in [6.45, 7) is 4.10. The number of alkyl halides is 3. The Bertz CT molecular complexity index is 810. The molecule has 14 heteroatoms. The van der Waals surface area contributed by atoms with Crippen LogP contribution in [0, 0.1) is 0 Å². The van der Waals surface area contributed by atoms with Crippen molar-refractivity contribution in [1.82, 2.24) is 5.48 Å². The predicted octanol–water partition coefficient (Wildman–Crippen LogP) is 1.28. The summed E-state index contributed by atoms with van der Waals surface area (Å²) in [5.74, 6) is 0.286. The first-order valence-corrected chi connectivity index (χ1v) is 9.76. The molecular formula is C15H23F3N6O4S. The lowest BCUT2D eigenvalue weighted by molar-refractivity contribution is -0.0429. The largest absolute Gasteiger partial charge is 0.516 e. The smallest absolute Gasteiger partial charge is 0.494 e. The molecule has 0 heterocycles. The Morgan fingerprint density at radius 3 is 2.34 bits per heavy atom. The second kappa shape index (κ2) is 10.7. The molecule has 0 bridgehead atoms. The number of nitrogens with zero attached hydrogens (tertiary/aromatic N) is 2. The van der Waals surface area contributed by atoms with Crippen molar-refractivity contribution in [2.45, 2.75) is 31.8 Å². The van der Waals surface area contributed by atoms with Gasteiger partial charge in [-0.1, -0.05) is 0 Å². The van der Waals surface area contributed by atoms with Crippen molar-refractivity contribution < 1.29 is 31.2 Å². The fourth-order valence-electron chi connectivity index (χ4n) is 1.72. The number of rotatable bonds is 9. The first kappa shape index (κ1) is 24.3. The molecule has 29 heavy (non-hydrogen) atoms. The Morgan fingerprint density at radius 2 is 1.79 bits per heavy atom. The Morgan fingerprint density at radius 1 is 1.17 bits per heavy atom. The second-order valence-electron chi connectivity index (χ2n) is 5.81. The van der Waals surface area contributed by atoms with E-state index in [4.69, 9.17) is 21.0 Å². The summed E-state index contributed by atoms with van der Waals surface area (Å²) >= 11 is 0. The standard InChI is InChI=1S/C15H23F3N6O4S/c1-10(2)21-13(19)22-14(20)23-28-9-3-8-27-12-6-4-11(5-7-12)24-29(25,26)15(16,17)18/h4-7,10,24H,3,8-9H2,1-2H3,(H5,19,20,21,22,23). The highest BCUT2D eigenvalue weighted by Gasteiger charge is 2.45. The Labute approximate surface area is 166 Å². The van der Waals surface area contributed by atoms with Crippen LogP contribution in [0.15, 0.2) is 34.3 Å². The number of ether oxygens (including phenoxy) is 1. The number of hydrogen-bond acceptors (Lipinski definition) is 5. The minimum absolute atomic E-state index is 0.0119. The van der Waals surface area contributed by atoms with Gasteiger partial charge in [0, 0.05) is 18.2 Å². The molecule has 0 aliphatic rings. The summed E-state index contributed by atoms with van der Waals surface area (Å²) in [7, 11) is -5.46. The summed E-state index contributed by atoms with van der Waals surface area (Å²) in [4.78, 5) is 12.8. The maximum atomic E-state index is 12.3. The zero-order chi connectivity index (χ0) is 22.1. The molecule has 0 unspecified atom stereocenters. The van der Waals surface area contributed by atoms with Gasteiger partial charge in [0.2, 0.25) is 11.9 Å². The van der Waals surface area contributed by atoms with Crippen LogP contribution in [-0.4, -0.2) is 45.1 Å². The van der Waals surface area contributed by atoms with Gasteiger partial charge in [0.25, 0.3) is 0 Å². The number of benzene rings is 1. The second-order valence-corrected chi connectivity index (χ2v) is 7.48. The van der Waals surface area contributed by atoms with E-state index in [1.54, 1.807) is 0 Å². The minimum Gasteiger partial charge on any atom is -0.494 e. The Kier molecular flexibility index (Phi) is 8.97. The lowest BCUT2D eigenvalue weighted by Crippen LogP contribution is -2.34. The SMILES string of the molecule is CC(C)N=C(N)N=C(N)NOCCCOc1ccc(NS(=O)(=O)C(F)(F)F)cc1. The van der Waals surface area contributed by atoms with Crippen LogP contribution in [0.1, 0.15) is 20.3 Å². The number of guanidine groups is 2. The van der Waals surface area contributed by atoms with Crippen LogP contribution in [-0.2, 0) is 14.9 Å². The number of halogens is 3. The van der Waals surface area contributed by atoms with E-state index in [2.05, 4.69) is 15.5 Å². The van der Waals surface area contributed by atoms with Crippen LogP contribution in [0.3, 0.4) is 0 Å². The number of nitrogens with two attached hydrogens (primary N) is 2. The van der Waals surface area contributed by atoms with Crippen molar-refractivity contribution in [2.75, 3.05) is 17.9 Å². The average Bonchev–Trinajstić information content (AvgIpc) is 2.57. The summed E-state index contributed by atoms with van der Waals surface area (Å²) in [6.07, 6.45) is 0.443. The number of aliphatic imine (C=N–C) groups is 2. The molecule has 0 saturated heterocycles. The van der Waals surface area contributed by atoms with Gasteiger partial charge in [0.1, 0.15) is 5.75 Å². The quantitative estimate of drug-likeness (QED) is 0.195. The van der Waals surface area contributed by atoms with Gasteiger partial charge in [0.05, 0.1) is 13.2 Å². The molecule has 1 aromatic carbocycles. The number of hydrogen-bond donors (Lipinski definition) is 4. The third kappa shape index (κ3) is 9.34. The van der Waals surface area contributed by atoms with E-state index in [1.807, 2.05) is 13.8 Å². The molecule has 0 atom stereocenters. The lowest BCUT2D eigenvalue weighted by atomic mass is 10.3. The molecule has 0 spiro atoms. The summed E-state index contributed by atoms with van der Waals surface area (Å²) < 4.78 is 65.8. The van der Waals surface area contributed by atoms with Crippen molar-refractivity contribution in [2.24, 2.45) is 21.5 Å². The van der Waals surface area contributed by atoms with E-state index in [0.717, 1.165) is 12.1 Å². The maximum absolute atomic E-state index is 12.3. The third-order valence-corrected chi connectivity index (χ3v) is 3.99. The van der Waals surface area contributed by atoms with Crippen LogP contribution >= 0.6 is 0 Å². The summed E-state index contributed by atoms with van der Waals surface area (Å²) in [5.41, 5.74) is 7.83. The molecule has 0 saturated carbocycles. The van der Waals surface area contributed by atoms with Crippen molar-refractivity contribution in [3.8, 4) is 5.75 Å². The van der Waals surface area contributed by atoms with Crippen molar-refractivity contribution >= 4 is 27.6 Å². The predicted molar refractivity (Wildman–Crippen MR) is 103 cm³/mol. The van der Waals surface area contributed by atoms with Gasteiger partial charge >= 0.3 is 15.5 Å². The van der Waals surface area contributed by atoms with Crippen LogP contribution in [0.4, 0.5) is 18.9 Å². The first-order valence-electron chi connectivity index (χ1n) is 8.28. The van der Waals surface area contributed by atoms with Crippen LogP contribution in [0.5, 0.6) is 5.75 Å². The van der Waals surface area contributed by atoms with Crippen LogP contribution < -0.4 is 26.4 Å². The van der Waals surface area contributed by atoms with Crippen LogP contribution in [0.2, 0.25) is 0 Å². The number of anilines is 1. The third-order valence-electron chi connectivity index (χ3n) is 2.87. The van der Waals surface area contributed by atoms with Gasteiger partial charge in [0.15, 0.2) is 0 Å². The highest BCUT2D eigenvalue weighted by Crippen LogP contribution is 2.26. The molecule has 10 nitrogen and oxygen atoms in total. The highest BCUT2D eigenvalue weighted by molar-refractivity contribution is 7.93. The monoisotopic (exact) mass is 440 g/mol. The molecular weight excluding hydrogens is 417 g/mol. The topological polar surface area (TPSA) is 153 Å². The van der Waals surface area contributed by atoms with Crippen molar-refractivity contribution in [1.29, 1.82) is 0 Å². The number of sulfonamides is 1. The van der Waals surface area contributed by atoms with Gasteiger partial charge in [-0.25, -0.2) is 10.5 Å². The fraction of sp³-hybridized carbons (Fsp3) is 0.467. The number of hydroxylamine groups is 1. The van der Waals surface area contributed by atoms with Gasteiger partial charge in [-0.2, -0.15) is 26.6 Å². The van der Waals surface area contributed by atoms with Gasteiger partial charge < -0.3 is 16.2 Å². The highest BCUT2D eigenvalue weighted by atomic mass is 32.2. The molecule has 0 aliphatic heterocycles. The van der Waals surface area contributed by atoms with Crippen molar-refractivity contribution in [3.05, 3.63) is 24.3 Å². The normalized spacial score (nSPS) is 13.4. The van der Waals surface area contributed by atoms with Gasteiger partial charge in [-0.05, 0) is 38.1 Å². The zero-order valence-electron chi connectivity index (χ0n) is 15.7. The van der Waals surface area contributed by atoms with Crippen LogP contribution in [0.25, 0.3) is 0 Å². The average molecular weight is 440 g/mol. The van der Waals surface area contributed by atoms with Gasteiger partial charge in [-0.15, -0.1) is 0 Å². The molecule has 1 rings (SSSR count). The zero-order valence-corrected chi connectivity index (χ0v) is 16.5. The molecule has 0 aromatic heterocycles. The molecule has 1 aromatic rings. The van der Waals surface area contributed by atoms with E-state index in [1.165, 1.54) is 16.9 Å². The minimum atomic E-state index is -5.46. The Balaban J connectivity index is 2.33. The summed E-state index contributed by atoms with van der Waals surface area (Å²) in [6, 6.07) is 4.93. The lowest BCUT2D eigenvalue weighted by Gasteiger charge is -2.11. The van der Waals surface area contributed by atoms with E-state index in [-0.39, 0.29) is 36.9 Å². The molecule has 0 fully saturated rings. The maximum Gasteiger partial charge on any atom is 0.516 e. The van der Waals surface area contributed by atoms with E-state index >= 15 is 0 Å². The molecule has 6 N–H and O–H groups in total. The summed E-state index contributed by atoms with van der Waals surface area (Å²) in [5, 5.41) is 0. The number of nitrogens with one attached hydrogen (secondary N) is 2. The molecule has 0 aliphatic carbocycles. The first-order chi connectivity index (χ1) is 13.4. The molecule has 0 radical (unpaired) electrons.